The molecule has 2 unspecified atom stereocenters. The third-order valence-corrected chi connectivity index (χ3v) is 6.99. The van der Waals surface area contributed by atoms with Gasteiger partial charge in [0.15, 0.2) is 9.84 Å². The molecule has 0 aromatic heterocycles. The summed E-state index contributed by atoms with van der Waals surface area (Å²) in [7, 11) is -2.79. The number of hydrogen-bond acceptors (Lipinski definition) is 5. The smallest absolute Gasteiger partial charge is 0.153 e. The van der Waals surface area contributed by atoms with Gasteiger partial charge in [0.2, 0.25) is 0 Å². The fourth-order valence-electron chi connectivity index (χ4n) is 3.99. The number of rotatable bonds is 4. The summed E-state index contributed by atoms with van der Waals surface area (Å²) in [6.45, 7) is 6.59. The lowest BCUT2D eigenvalue weighted by Crippen LogP contribution is -2.46. The summed E-state index contributed by atoms with van der Waals surface area (Å²) < 4.78 is 23.3. The lowest BCUT2D eigenvalue weighted by Gasteiger charge is -2.32. The van der Waals surface area contributed by atoms with Crippen LogP contribution in [0.4, 0.5) is 0 Å². The lowest BCUT2D eigenvalue weighted by molar-refractivity contribution is 0.161. The van der Waals surface area contributed by atoms with E-state index in [1.807, 2.05) is 0 Å². The maximum Gasteiger partial charge on any atom is 0.153 e. The first-order valence-electron chi connectivity index (χ1n) is 8.53. The van der Waals surface area contributed by atoms with Crippen LogP contribution < -0.4 is 5.32 Å². The van der Waals surface area contributed by atoms with Crippen molar-refractivity contribution in [2.45, 2.75) is 44.2 Å². The van der Waals surface area contributed by atoms with Gasteiger partial charge in [-0.2, -0.15) is 0 Å². The molecule has 2 atom stereocenters. The highest BCUT2D eigenvalue weighted by atomic mass is 32.2. The third kappa shape index (κ3) is 4.41. The Balaban J connectivity index is 1.40. The van der Waals surface area contributed by atoms with Crippen molar-refractivity contribution in [1.82, 2.24) is 15.1 Å². The van der Waals surface area contributed by atoms with Gasteiger partial charge in [-0.3, -0.25) is 4.90 Å². The zero-order valence-electron chi connectivity index (χ0n) is 13.0. The highest BCUT2D eigenvalue weighted by Gasteiger charge is 2.29. The van der Waals surface area contributed by atoms with Gasteiger partial charge in [0.05, 0.1) is 11.5 Å². The summed E-state index contributed by atoms with van der Waals surface area (Å²) in [4.78, 5) is 5.20. The number of nitrogens with one attached hydrogen (secondary N) is 1. The Kier molecular flexibility index (Phi) is 5.19. The van der Waals surface area contributed by atoms with Crippen molar-refractivity contribution in [1.29, 1.82) is 0 Å². The molecule has 0 amide bonds. The third-order valence-electron chi connectivity index (χ3n) is 5.25. The molecule has 0 aliphatic carbocycles. The van der Waals surface area contributed by atoms with E-state index in [4.69, 9.17) is 0 Å². The molecule has 21 heavy (non-hydrogen) atoms. The van der Waals surface area contributed by atoms with Crippen LogP contribution in [0.1, 0.15) is 32.1 Å². The molecule has 0 bridgehead atoms. The van der Waals surface area contributed by atoms with E-state index < -0.39 is 9.84 Å². The van der Waals surface area contributed by atoms with Gasteiger partial charge in [-0.1, -0.05) is 6.42 Å². The van der Waals surface area contributed by atoms with Crippen molar-refractivity contribution in [2.24, 2.45) is 0 Å². The minimum Gasteiger partial charge on any atom is -0.312 e. The Labute approximate surface area is 129 Å². The van der Waals surface area contributed by atoms with E-state index in [0.29, 0.717) is 18.1 Å². The Hall–Kier alpha value is -0.170. The molecule has 3 fully saturated rings. The SMILES string of the molecule is O=S1(=O)CCNC(CCN2CCC(N3CCCCC3)C2)C1. The van der Waals surface area contributed by atoms with Gasteiger partial charge < -0.3 is 10.2 Å². The average molecular weight is 315 g/mol. The Morgan fingerprint density at radius 1 is 1.10 bits per heavy atom. The largest absolute Gasteiger partial charge is 0.312 e. The van der Waals surface area contributed by atoms with Gasteiger partial charge in [-0.15, -0.1) is 0 Å². The number of piperidine rings is 1. The maximum atomic E-state index is 11.7. The summed E-state index contributed by atoms with van der Waals surface area (Å²) in [5.41, 5.74) is 0. The predicted molar refractivity (Wildman–Crippen MR) is 85.3 cm³/mol. The minimum absolute atomic E-state index is 0.165. The van der Waals surface area contributed by atoms with E-state index in [-0.39, 0.29) is 6.04 Å². The molecule has 0 spiro atoms. The van der Waals surface area contributed by atoms with Gasteiger partial charge in [-0.05, 0) is 51.9 Å². The van der Waals surface area contributed by atoms with Gasteiger partial charge in [0.1, 0.15) is 0 Å². The first-order chi connectivity index (χ1) is 10.1. The van der Waals surface area contributed by atoms with E-state index in [0.717, 1.165) is 19.0 Å². The zero-order chi connectivity index (χ0) is 14.7. The molecular weight excluding hydrogens is 286 g/mol. The predicted octanol–water partition coefficient (Wildman–Crippen LogP) is 0.323. The second-order valence-corrected chi connectivity index (χ2v) is 9.12. The summed E-state index contributed by atoms with van der Waals surface area (Å²) in [6.07, 6.45) is 6.37. The van der Waals surface area contributed by atoms with Crippen LogP contribution in [0.3, 0.4) is 0 Å². The molecule has 0 aromatic rings. The van der Waals surface area contributed by atoms with Crippen LogP contribution in [0.25, 0.3) is 0 Å². The summed E-state index contributed by atoms with van der Waals surface area (Å²) in [5, 5.41) is 3.36. The fourth-order valence-corrected chi connectivity index (χ4v) is 5.48. The molecule has 1 N–H and O–H groups in total. The molecule has 3 aliphatic heterocycles. The molecule has 0 aromatic carbocycles. The van der Waals surface area contributed by atoms with Crippen LogP contribution in [-0.4, -0.2) is 81.1 Å². The fraction of sp³-hybridized carbons (Fsp3) is 1.00. The molecule has 0 saturated carbocycles. The van der Waals surface area contributed by atoms with E-state index in [1.165, 1.54) is 51.9 Å². The lowest BCUT2D eigenvalue weighted by atomic mass is 10.1. The first-order valence-corrected chi connectivity index (χ1v) is 10.3. The molecule has 6 heteroatoms. The van der Waals surface area contributed by atoms with E-state index in [1.54, 1.807) is 0 Å². The number of nitrogens with zero attached hydrogens (tertiary/aromatic N) is 2. The molecule has 3 saturated heterocycles. The molecule has 0 radical (unpaired) electrons. The second kappa shape index (κ2) is 6.94. The van der Waals surface area contributed by atoms with Crippen LogP contribution in [0.5, 0.6) is 0 Å². The van der Waals surface area contributed by atoms with Crippen molar-refractivity contribution >= 4 is 9.84 Å². The summed E-state index contributed by atoms with van der Waals surface area (Å²) in [6, 6.07) is 0.908. The van der Waals surface area contributed by atoms with Crippen LogP contribution >= 0.6 is 0 Å². The zero-order valence-corrected chi connectivity index (χ0v) is 13.8. The van der Waals surface area contributed by atoms with Crippen molar-refractivity contribution in [3.63, 3.8) is 0 Å². The van der Waals surface area contributed by atoms with Crippen LogP contribution in [0.15, 0.2) is 0 Å². The summed E-state index contributed by atoms with van der Waals surface area (Å²) >= 11 is 0. The van der Waals surface area contributed by atoms with Crippen molar-refractivity contribution in [3.8, 4) is 0 Å². The maximum absolute atomic E-state index is 11.7. The van der Waals surface area contributed by atoms with Gasteiger partial charge in [-0.25, -0.2) is 8.42 Å². The molecular formula is C15H29N3O2S. The van der Waals surface area contributed by atoms with E-state index in [9.17, 15) is 8.42 Å². The summed E-state index contributed by atoms with van der Waals surface area (Å²) in [5.74, 6) is 0.640. The van der Waals surface area contributed by atoms with Gasteiger partial charge in [0.25, 0.3) is 0 Å². The normalized spacial score (nSPS) is 35.0. The van der Waals surface area contributed by atoms with E-state index in [2.05, 4.69) is 15.1 Å². The quantitative estimate of drug-likeness (QED) is 0.810. The molecule has 3 aliphatic rings. The molecule has 3 rings (SSSR count). The Morgan fingerprint density at radius 3 is 2.67 bits per heavy atom. The van der Waals surface area contributed by atoms with Gasteiger partial charge >= 0.3 is 0 Å². The van der Waals surface area contributed by atoms with Crippen molar-refractivity contribution < 1.29 is 8.42 Å². The number of sulfone groups is 1. The Morgan fingerprint density at radius 2 is 1.90 bits per heavy atom. The van der Waals surface area contributed by atoms with Crippen molar-refractivity contribution in [2.75, 3.05) is 50.8 Å². The monoisotopic (exact) mass is 315 g/mol. The number of hydrogen-bond donors (Lipinski definition) is 1. The topological polar surface area (TPSA) is 52.7 Å². The number of likely N-dealkylation sites (tertiary alicyclic amines) is 2. The first kappa shape index (κ1) is 15.7. The molecule has 122 valence electrons. The van der Waals surface area contributed by atoms with Crippen LogP contribution in [0, 0.1) is 0 Å². The van der Waals surface area contributed by atoms with E-state index >= 15 is 0 Å². The highest BCUT2D eigenvalue weighted by Crippen LogP contribution is 2.20. The Bertz CT molecular complexity index is 434. The molecule has 3 heterocycles. The van der Waals surface area contributed by atoms with Crippen LogP contribution in [0.2, 0.25) is 0 Å². The highest BCUT2D eigenvalue weighted by molar-refractivity contribution is 7.91. The second-order valence-electron chi connectivity index (χ2n) is 6.89. The average Bonchev–Trinajstić information content (AvgIpc) is 2.94. The van der Waals surface area contributed by atoms with Gasteiger partial charge in [0, 0.05) is 25.2 Å². The standard InChI is InChI=1S/C15H29N3O2S/c19-21(20)11-6-16-14(13-21)4-9-17-10-5-15(12-17)18-7-2-1-3-8-18/h14-16H,1-13H2. The van der Waals surface area contributed by atoms with Crippen molar-refractivity contribution in [3.05, 3.63) is 0 Å². The van der Waals surface area contributed by atoms with Crippen LogP contribution in [-0.2, 0) is 9.84 Å². The molecule has 5 nitrogen and oxygen atoms in total. The minimum atomic E-state index is -2.79.